The van der Waals surface area contributed by atoms with Gasteiger partial charge in [-0.1, -0.05) is 0 Å². The van der Waals surface area contributed by atoms with Crippen LogP contribution in [-0.4, -0.2) is 20.8 Å². The maximum atomic E-state index is 4.43. The van der Waals surface area contributed by atoms with Crippen LogP contribution >= 0.6 is 0 Å². The van der Waals surface area contributed by atoms with E-state index in [2.05, 4.69) is 22.3 Å². The number of aromatic nitrogens is 3. The Bertz CT molecular complexity index is 499. The fourth-order valence-electron chi connectivity index (χ4n) is 1.90. The topological polar surface area (TPSA) is 42.7 Å². The standard InChI is InChI=1S/C13H16N4/c1-10-11(8-15-12-2-3-12)9-16-17(10)13-4-6-14-7-5-13/h4-7,9,12,15H,2-3,8H2,1H3. The van der Waals surface area contributed by atoms with Crippen LogP contribution in [0.3, 0.4) is 0 Å². The molecule has 1 aliphatic rings. The lowest BCUT2D eigenvalue weighted by molar-refractivity contribution is 0.684. The van der Waals surface area contributed by atoms with E-state index in [4.69, 9.17) is 0 Å². The molecule has 0 radical (unpaired) electrons. The number of nitrogens with zero attached hydrogens (tertiary/aromatic N) is 3. The summed E-state index contributed by atoms with van der Waals surface area (Å²) < 4.78 is 1.96. The van der Waals surface area contributed by atoms with E-state index < -0.39 is 0 Å². The van der Waals surface area contributed by atoms with Crippen molar-refractivity contribution < 1.29 is 0 Å². The Balaban J connectivity index is 1.81. The van der Waals surface area contributed by atoms with Gasteiger partial charge in [-0.25, -0.2) is 4.68 Å². The van der Waals surface area contributed by atoms with Gasteiger partial charge in [0.15, 0.2) is 0 Å². The van der Waals surface area contributed by atoms with Crippen molar-refractivity contribution in [3.63, 3.8) is 0 Å². The molecule has 0 saturated heterocycles. The monoisotopic (exact) mass is 228 g/mol. The van der Waals surface area contributed by atoms with Crippen LogP contribution in [0.25, 0.3) is 5.69 Å². The molecule has 1 aliphatic carbocycles. The molecule has 0 atom stereocenters. The van der Waals surface area contributed by atoms with E-state index in [1.165, 1.54) is 24.1 Å². The van der Waals surface area contributed by atoms with Gasteiger partial charge in [0.1, 0.15) is 0 Å². The van der Waals surface area contributed by atoms with Gasteiger partial charge in [0, 0.05) is 36.2 Å². The van der Waals surface area contributed by atoms with Gasteiger partial charge in [-0.3, -0.25) is 4.98 Å². The van der Waals surface area contributed by atoms with E-state index in [-0.39, 0.29) is 0 Å². The Morgan fingerprint density at radius 1 is 1.35 bits per heavy atom. The summed E-state index contributed by atoms with van der Waals surface area (Å²) in [6, 6.07) is 4.68. The third-order valence-corrected chi connectivity index (χ3v) is 3.18. The first-order chi connectivity index (χ1) is 8.34. The zero-order valence-electron chi connectivity index (χ0n) is 9.93. The SMILES string of the molecule is Cc1c(CNC2CC2)cnn1-c1ccncc1. The fourth-order valence-corrected chi connectivity index (χ4v) is 1.90. The van der Waals surface area contributed by atoms with Crippen LogP contribution < -0.4 is 5.32 Å². The Hall–Kier alpha value is -1.68. The van der Waals surface area contributed by atoms with Crippen molar-refractivity contribution in [2.24, 2.45) is 0 Å². The zero-order chi connectivity index (χ0) is 11.7. The highest BCUT2D eigenvalue weighted by atomic mass is 15.3. The first-order valence-electron chi connectivity index (χ1n) is 6.02. The molecule has 0 spiro atoms. The Morgan fingerprint density at radius 3 is 2.82 bits per heavy atom. The number of nitrogens with one attached hydrogen (secondary N) is 1. The molecule has 0 aliphatic heterocycles. The number of rotatable bonds is 4. The lowest BCUT2D eigenvalue weighted by Crippen LogP contribution is -2.15. The first kappa shape index (κ1) is 10.5. The lowest BCUT2D eigenvalue weighted by atomic mass is 10.2. The Labute approximate surface area is 101 Å². The van der Waals surface area contributed by atoms with Crippen molar-refractivity contribution in [1.82, 2.24) is 20.1 Å². The van der Waals surface area contributed by atoms with Crippen LogP contribution in [0.5, 0.6) is 0 Å². The van der Waals surface area contributed by atoms with Crippen molar-refractivity contribution in [3.05, 3.63) is 42.0 Å². The van der Waals surface area contributed by atoms with E-state index in [1.807, 2.05) is 23.0 Å². The molecule has 0 bridgehead atoms. The molecule has 2 aromatic rings. The summed E-state index contributed by atoms with van der Waals surface area (Å²) >= 11 is 0. The summed E-state index contributed by atoms with van der Waals surface area (Å²) in [5, 5.41) is 7.95. The van der Waals surface area contributed by atoms with Crippen LogP contribution in [0.15, 0.2) is 30.7 Å². The first-order valence-corrected chi connectivity index (χ1v) is 6.02. The average molecular weight is 228 g/mol. The second-order valence-electron chi connectivity index (χ2n) is 4.53. The van der Waals surface area contributed by atoms with Gasteiger partial charge < -0.3 is 5.32 Å². The van der Waals surface area contributed by atoms with Gasteiger partial charge in [0.2, 0.25) is 0 Å². The summed E-state index contributed by atoms with van der Waals surface area (Å²) in [7, 11) is 0. The second-order valence-corrected chi connectivity index (χ2v) is 4.53. The quantitative estimate of drug-likeness (QED) is 0.868. The molecule has 4 heteroatoms. The molecule has 1 saturated carbocycles. The Morgan fingerprint density at radius 2 is 2.12 bits per heavy atom. The third kappa shape index (κ3) is 2.22. The van der Waals surface area contributed by atoms with Crippen LogP contribution in [0.2, 0.25) is 0 Å². The van der Waals surface area contributed by atoms with E-state index in [1.54, 1.807) is 12.4 Å². The smallest absolute Gasteiger partial charge is 0.0679 e. The molecule has 4 nitrogen and oxygen atoms in total. The van der Waals surface area contributed by atoms with Gasteiger partial charge in [0.05, 0.1) is 11.9 Å². The van der Waals surface area contributed by atoms with Crippen molar-refractivity contribution in [2.75, 3.05) is 0 Å². The van der Waals surface area contributed by atoms with Gasteiger partial charge in [0.25, 0.3) is 0 Å². The summed E-state index contributed by atoms with van der Waals surface area (Å²) in [6.45, 7) is 3.03. The highest BCUT2D eigenvalue weighted by Crippen LogP contribution is 2.20. The van der Waals surface area contributed by atoms with E-state index in [0.717, 1.165) is 18.3 Å². The minimum Gasteiger partial charge on any atom is -0.310 e. The van der Waals surface area contributed by atoms with Crippen molar-refractivity contribution in [2.45, 2.75) is 32.4 Å². The van der Waals surface area contributed by atoms with Crippen molar-refractivity contribution >= 4 is 0 Å². The molecule has 2 aromatic heterocycles. The third-order valence-electron chi connectivity index (χ3n) is 3.18. The molecule has 3 rings (SSSR count). The van der Waals surface area contributed by atoms with E-state index in [0.29, 0.717) is 0 Å². The average Bonchev–Trinajstić information content (AvgIpc) is 3.12. The minimum atomic E-state index is 0.735. The second kappa shape index (κ2) is 4.30. The molecule has 88 valence electrons. The molecule has 1 fully saturated rings. The maximum Gasteiger partial charge on any atom is 0.0679 e. The zero-order valence-corrected chi connectivity index (χ0v) is 9.93. The number of pyridine rings is 1. The van der Waals surface area contributed by atoms with Gasteiger partial charge >= 0.3 is 0 Å². The summed E-state index contributed by atoms with van der Waals surface area (Å²) in [6.07, 6.45) is 8.16. The van der Waals surface area contributed by atoms with Crippen molar-refractivity contribution in [1.29, 1.82) is 0 Å². The fraction of sp³-hybridized carbons (Fsp3) is 0.385. The van der Waals surface area contributed by atoms with Gasteiger partial charge in [-0.2, -0.15) is 5.10 Å². The molecule has 17 heavy (non-hydrogen) atoms. The highest BCUT2D eigenvalue weighted by molar-refractivity contribution is 5.32. The van der Waals surface area contributed by atoms with Gasteiger partial charge in [-0.05, 0) is 31.9 Å². The normalized spacial score (nSPS) is 15.1. The molecule has 0 aromatic carbocycles. The van der Waals surface area contributed by atoms with Gasteiger partial charge in [-0.15, -0.1) is 0 Å². The molecule has 2 heterocycles. The largest absolute Gasteiger partial charge is 0.310 e. The predicted molar refractivity (Wildman–Crippen MR) is 66.0 cm³/mol. The van der Waals surface area contributed by atoms with Crippen LogP contribution in [0.4, 0.5) is 0 Å². The van der Waals surface area contributed by atoms with Crippen molar-refractivity contribution in [3.8, 4) is 5.69 Å². The predicted octanol–water partition coefficient (Wildman–Crippen LogP) is 1.83. The lowest BCUT2D eigenvalue weighted by Gasteiger charge is -2.05. The molecule has 0 unspecified atom stereocenters. The molecule has 1 N–H and O–H groups in total. The summed E-state index contributed by atoms with van der Waals surface area (Å²) in [4.78, 5) is 4.02. The number of hydrogen-bond donors (Lipinski definition) is 1. The van der Waals surface area contributed by atoms with Crippen LogP contribution in [0, 0.1) is 6.92 Å². The molecule has 0 amide bonds. The Kier molecular flexibility index (Phi) is 2.65. The summed E-state index contributed by atoms with van der Waals surface area (Å²) in [5.41, 5.74) is 3.54. The molecular formula is C13H16N4. The number of hydrogen-bond acceptors (Lipinski definition) is 3. The van der Waals surface area contributed by atoms with Crippen LogP contribution in [-0.2, 0) is 6.54 Å². The highest BCUT2D eigenvalue weighted by Gasteiger charge is 2.20. The van der Waals surface area contributed by atoms with E-state index >= 15 is 0 Å². The maximum absolute atomic E-state index is 4.43. The summed E-state index contributed by atoms with van der Waals surface area (Å²) in [5.74, 6) is 0. The van der Waals surface area contributed by atoms with Crippen LogP contribution in [0.1, 0.15) is 24.1 Å². The molecular weight excluding hydrogens is 212 g/mol. The minimum absolute atomic E-state index is 0.735. The van der Waals surface area contributed by atoms with E-state index in [9.17, 15) is 0 Å².